The van der Waals surface area contributed by atoms with Crippen molar-refractivity contribution in [1.82, 2.24) is 4.98 Å². The number of hydrogen-bond acceptors (Lipinski definition) is 5. The molecule has 0 unspecified atom stereocenters. The molecule has 3 rings (SSSR count). The number of benzene rings is 1. The van der Waals surface area contributed by atoms with Crippen LogP contribution in [0.1, 0.15) is 5.69 Å². The van der Waals surface area contributed by atoms with Crippen molar-refractivity contribution in [3.8, 4) is 16.3 Å². The minimum atomic E-state index is -3.82. The molecule has 0 amide bonds. The van der Waals surface area contributed by atoms with E-state index in [-0.39, 0.29) is 4.21 Å². The summed E-state index contributed by atoms with van der Waals surface area (Å²) >= 11 is 1.15. The van der Waals surface area contributed by atoms with E-state index in [4.69, 9.17) is 4.18 Å². The molecule has 1 aromatic carbocycles. The van der Waals surface area contributed by atoms with E-state index in [1.165, 1.54) is 0 Å². The first-order valence-corrected chi connectivity index (χ1v) is 8.80. The summed E-state index contributed by atoms with van der Waals surface area (Å²) in [5, 5.41) is 0. The summed E-state index contributed by atoms with van der Waals surface area (Å²) in [6, 6.07) is 17.4. The summed E-state index contributed by atoms with van der Waals surface area (Å²) in [6.07, 6.45) is 0. The summed E-state index contributed by atoms with van der Waals surface area (Å²) in [4.78, 5) is 5.19. The lowest BCUT2D eigenvalue weighted by Gasteiger charge is -2.04. The fraction of sp³-hybridized carbons (Fsp3) is 0.0625. The number of para-hydroxylation sites is 1. The first-order chi connectivity index (χ1) is 10.5. The first kappa shape index (κ1) is 14.7. The van der Waals surface area contributed by atoms with Gasteiger partial charge in [0, 0.05) is 5.69 Å². The number of hydrogen-bond donors (Lipinski definition) is 0. The maximum atomic E-state index is 12.3. The topological polar surface area (TPSA) is 56.3 Å². The van der Waals surface area contributed by atoms with E-state index >= 15 is 0 Å². The van der Waals surface area contributed by atoms with Gasteiger partial charge in [-0.25, -0.2) is 0 Å². The van der Waals surface area contributed by atoms with E-state index in [1.807, 2.05) is 25.1 Å². The van der Waals surface area contributed by atoms with Crippen molar-refractivity contribution in [2.24, 2.45) is 0 Å². The molecule has 0 fully saturated rings. The third-order valence-corrected chi connectivity index (χ3v) is 5.72. The molecule has 0 aliphatic heterocycles. The summed E-state index contributed by atoms with van der Waals surface area (Å²) in [7, 11) is -3.82. The summed E-state index contributed by atoms with van der Waals surface area (Å²) in [5.74, 6) is 0.297. The second-order valence-corrected chi connectivity index (χ2v) is 7.49. The lowest BCUT2D eigenvalue weighted by atomic mass is 10.3. The Bertz CT molecular complexity index is 887. The molecule has 22 heavy (non-hydrogen) atoms. The molecule has 112 valence electrons. The third-order valence-electron chi connectivity index (χ3n) is 2.92. The van der Waals surface area contributed by atoms with Crippen LogP contribution >= 0.6 is 11.3 Å². The number of nitrogens with zero attached hydrogens (tertiary/aromatic N) is 1. The van der Waals surface area contributed by atoms with E-state index in [2.05, 4.69) is 4.98 Å². The highest BCUT2D eigenvalue weighted by atomic mass is 32.3. The highest BCUT2D eigenvalue weighted by molar-refractivity contribution is 7.89. The molecule has 0 saturated heterocycles. The molecule has 6 heteroatoms. The Balaban J connectivity index is 1.90. The monoisotopic (exact) mass is 331 g/mol. The first-order valence-electron chi connectivity index (χ1n) is 6.58. The summed E-state index contributed by atoms with van der Waals surface area (Å²) < 4.78 is 29.8. The molecule has 0 aliphatic carbocycles. The van der Waals surface area contributed by atoms with Crippen LogP contribution in [-0.2, 0) is 10.1 Å². The van der Waals surface area contributed by atoms with Crippen LogP contribution in [0.4, 0.5) is 0 Å². The molecule has 2 heterocycles. The van der Waals surface area contributed by atoms with E-state index in [0.717, 1.165) is 27.6 Å². The molecular weight excluding hydrogens is 318 g/mol. The maximum absolute atomic E-state index is 12.3. The van der Waals surface area contributed by atoms with E-state index in [0.29, 0.717) is 5.75 Å². The largest absolute Gasteiger partial charge is 0.378 e. The second-order valence-electron chi connectivity index (χ2n) is 4.63. The van der Waals surface area contributed by atoms with Gasteiger partial charge in [-0.05, 0) is 43.3 Å². The van der Waals surface area contributed by atoms with Gasteiger partial charge < -0.3 is 4.18 Å². The average Bonchev–Trinajstić information content (AvgIpc) is 2.98. The standard InChI is InChI=1S/C16H13NO3S2/c1-12-6-5-9-14(17-12)15-10-11-16(21-15)22(18,19)20-13-7-3-2-4-8-13/h2-11H,1H3. The number of pyridine rings is 1. The Morgan fingerprint density at radius 2 is 1.73 bits per heavy atom. The lowest BCUT2D eigenvalue weighted by molar-refractivity contribution is 0.488. The molecule has 3 aromatic rings. The molecule has 0 N–H and O–H groups in total. The van der Waals surface area contributed by atoms with E-state index in [9.17, 15) is 8.42 Å². The number of aromatic nitrogens is 1. The molecule has 0 atom stereocenters. The second kappa shape index (κ2) is 5.90. The van der Waals surface area contributed by atoms with Crippen LogP contribution in [0, 0.1) is 6.92 Å². The van der Waals surface area contributed by atoms with Gasteiger partial charge in [-0.1, -0.05) is 24.3 Å². The van der Waals surface area contributed by atoms with Gasteiger partial charge in [-0.2, -0.15) is 8.42 Å². The number of aryl methyl sites for hydroxylation is 1. The van der Waals surface area contributed by atoms with Crippen LogP contribution in [0.15, 0.2) is 64.9 Å². The zero-order chi connectivity index (χ0) is 15.6. The fourth-order valence-electron chi connectivity index (χ4n) is 1.92. The molecule has 0 spiro atoms. The normalized spacial score (nSPS) is 11.3. The van der Waals surface area contributed by atoms with Crippen molar-refractivity contribution < 1.29 is 12.6 Å². The van der Waals surface area contributed by atoms with Crippen molar-refractivity contribution in [1.29, 1.82) is 0 Å². The van der Waals surface area contributed by atoms with Crippen LogP contribution in [0.3, 0.4) is 0 Å². The van der Waals surface area contributed by atoms with Crippen LogP contribution in [0.2, 0.25) is 0 Å². The molecule has 0 saturated carbocycles. The predicted octanol–water partition coefficient (Wildman–Crippen LogP) is 3.89. The smallest absolute Gasteiger partial charge is 0.348 e. The molecule has 0 aliphatic rings. The van der Waals surface area contributed by atoms with Gasteiger partial charge in [0.15, 0.2) is 4.21 Å². The average molecular weight is 331 g/mol. The van der Waals surface area contributed by atoms with Gasteiger partial charge in [0.1, 0.15) is 5.75 Å². The summed E-state index contributed by atoms with van der Waals surface area (Å²) in [6.45, 7) is 1.90. The molecule has 0 radical (unpaired) electrons. The highest BCUT2D eigenvalue weighted by Crippen LogP contribution is 2.31. The van der Waals surface area contributed by atoms with Gasteiger partial charge in [0.05, 0.1) is 10.6 Å². The van der Waals surface area contributed by atoms with Gasteiger partial charge in [0.25, 0.3) is 0 Å². The third kappa shape index (κ3) is 3.18. The minimum absolute atomic E-state index is 0.162. The quantitative estimate of drug-likeness (QED) is 0.681. The zero-order valence-corrected chi connectivity index (χ0v) is 13.4. The van der Waals surface area contributed by atoms with Crippen LogP contribution < -0.4 is 4.18 Å². The Hall–Kier alpha value is -2.18. The van der Waals surface area contributed by atoms with Crippen molar-refractivity contribution >= 4 is 21.5 Å². The lowest BCUT2D eigenvalue weighted by Crippen LogP contribution is -2.07. The number of rotatable bonds is 4. The molecule has 0 bridgehead atoms. The van der Waals surface area contributed by atoms with E-state index < -0.39 is 10.1 Å². The van der Waals surface area contributed by atoms with Gasteiger partial charge >= 0.3 is 10.1 Å². The Morgan fingerprint density at radius 1 is 0.955 bits per heavy atom. The maximum Gasteiger partial charge on any atom is 0.348 e. The van der Waals surface area contributed by atoms with Crippen molar-refractivity contribution in [2.45, 2.75) is 11.1 Å². The Morgan fingerprint density at radius 3 is 2.45 bits per heavy atom. The van der Waals surface area contributed by atoms with E-state index in [1.54, 1.807) is 42.5 Å². The van der Waals surface area contributed by atoms with Crippen molar-refractivity contribution in [2.75, 3.05) is 0 Å². The van der Waals surface area contributed by atoms with Crippen molar-refractivity contribution in [3.05, 3.63) is 66.4 Å². The molecule has 2 aromatic heterocycles. The Labute approximate surface area is 133 Å². The highest BCUT2D eigenvalue weighted by Gasteiger charge is 2.20. The van der Waals surface area contributed by atoms with Gasteiger partial charge in [-0.3, -0.25) is 4.98 Å². The summed E-state index contributed by atoms with van der Waals surface area (Å²) in [5.41, 5.74) is 1.64. The van der Waals surface area contributed by atoms with Crippen molar-refractivity contribution in [3.63, 3.8) is 0 Å². The van der Waals surface area contributed by atoms with Gasteiger partial charge in [-0.15, -0.1) is 11.3 Å². The van der Waals surface area contributed by atoms with Crippen LogP contribution in [0.25, 0.3) is 10.6 Å². The predicted molar refractivity (Wildman–Crippen MR) is 86.5 cm³/mol. The SMILES string of the molecule is Cc1cccc(-c2ccc(S(=O)(=O)Oc3ccccc3)s2)n1. The van der Waals surface area contributed by atoms with Crippen LogP contribution in [-0.4, -0.2) is 13.4 Å². The van der Waals surface area contributed by atoms with Crippen LogP contribution in [0.5, 0.6) is 5.75 Å². The molecular formula is C16H13NO3S2. The number of thiophene rings is 1. The minimum Gasteiger partial charge on any atom is -0.378 e. The zero-order valence-electron chi connectivity index (χ0n) is 11.8. The Kier molecular flexibility index (Phi) is 3.96. The van der Waals surface area contributed by atoms with Gasteiger partial charge in [0.2, 0.25) is 0 Å². The fourth-order valence-corrected chi connectivity index (χ4v) is 4.08. The molecule has 4 nitrogen and oxygen atoms in total.